The van der Waals surface area contributed by atoms with Crippen LogP contribution < -0.4 is 5.32 Å². The highest BCUT2D eigenvalue weighted by Crippen LogP contribution is 2.34. The van der Waals surface area contributed by atoms with Crippen LogP contribution in [0.15, 0.2) is 30.5 Å². The molecule has 1 aromatic carbocycles. The molecule has 1 unspecified atom stereocenters. The normalized spacial score (nSPS) is 17.5. The summed E-state index contributed by atoms with van der Waals surface area (Å²) in [5, 5.41) is 6.96. The van der Waals surface area contributed by atoms with Crippen LogP contribution in [-0.4, -0.2) is 46.8 Å². The van der Waals surface area contributed by atoms with Gasteiger partial charge >= 0.3 is 6.18 Å². The average Bonchev–Trinajstić information content (AvgIpc) is 3.07. The molecule has 0 spiro atoms. The minimum Gasteiger partial charge on any atom is -0.337 e. The molecule has 0 bridgehead atoms. The summed E-state index contributed by atoms with van der Waals surface area (Å²) in [5.41, 5.74) is -0.237. The molecule has 1 aromatic heterocycles. The number of carbonyl (C=O) groups is 1. The minimum absolute atomic E-state index is 0. The van der Waals surface area contributed by atoms with Crippen molar-refractivity contribution in [3.8, 4) is 5.69 Å². The predicted molar refractivity (Wildman–Crippen MR) is 98.5 cm³/mol. The lowest BCUT2D eigenvalue weighted by Crippen LogP contribution is -2.47. The molecule has 1 aliphatic heterocycles. The van der Waals surface area contributed by atoms with E-state index >= 15 is 0 Å². The Balaban J connectivity index is 0.00000261. The maximum Gasteiger partial charge on any atom is 0.434 e. The number of hydrogen-bond acceptors (Lipinski definition) is 3. The molecule has 3 rings (SSSR count). The monoisotopic (exact) mass is 402 g/mol. The predicted octanol–water partition coefficient (Wildman–Crippen LogP) is 3.45. The third-order valence-electron chi connectivity index (χ3n) is 4.66. The van der Waals surface area contributed by atoms with Crippen LogP contribution >= 0.6 is 12.4 Å². The first-order valence-electron chi connectivity index (χ1n) is 8.50. The Kier molecular flexibility index (Phi) is 6.54. The number of benzene rings is 1. The Morgan fingerprint density at radius 3 is 2.52 bits per heavy atom. The van der Waals surface area contributed by atoms with Gasteiger partial charge in [0, 0.05) is 19.1 Å². The van der Waals surface area contributed by atoms with E-state index in [0.29, 0.717) is 13.1 Å². The number of nitrogens with one attached hydrogen (secondary N) is 1. The van der Waals surface area contributed by atoms with Gasteiger partial charge in [-0.05, 0) is 38.9 Å². The number of rotatable bonds is 3. The van der Waals surface area contributed by atoms with Gasteiger partial charge in [-0.1, -0.05) is 17.7 Å². The topological polar surface area (TPSA) is 50.2 Å². The van der Waals surface area contributed by atoms with Gasteiger partial charge in [0.15, 0.2) is 5.69 Å². The Bertz CT molecular complexity index is 789. The molecule has 5 nitrogen and oxygen atoms in total. The van der Waals surface area contributed by atoms with Crippen molar-refractivity contribution < 1.29 is 18.0 Å². The van der Waals surface area contributed by atoms with E-state index in [1.807, 2.05) is 6.92 Å². The average molecular weight is 403 g/mol. The number of likely N-dealkylation sites (N-methyl/N-ethyl adjacent to an activating group) is 1. The molecule has 1 aliphatic rings. The van der Waals surface area contributed by atoms with E-state index in [0.717, 1.165) is 29.3 Å². The number of halogens is 4. The number of carbonyl (C=O) groups excluding carboxylic acids is 1. The molecule has 1 atom stereocenters. The van der Waals surface area contributed by atoms with Crippen LogP contribution in [0.25, 0.3) is 5.69 Å². The highest BCUT2D eigenvalue weighted by Gasteiger charge is 2.41. The van der Waals surface area contributed by atoms with Crippen molar-refractivity contribution in [2.75, 3.05) is 20.1 Å². The van der Waals surface area contributed by atoms with E-state index < -0.39 is 23.3 Å². The summed E-state index contributed by atoms with van der Waals surface area (Å²) in [6, 6.07) is 6.63. The molecule has 2 aromatic rings. The van der Waals surface area contributed by atoms with Crippen molar-refractivity contribution in [1.29, 1.82) is 0 Å². The second-order valence-corrected chi connectivity index (χ2v) is 6.53. The van der Waals surface area contributed by atoms with E-state index in [1.54, 1.807) is 31.3 Å². The molecule has 0 saturated carbocycles. The summed E-state index contributed by atoms with van der Waals surface area (Å²) < 4.78 is 42.0. The second kappa shape index (κ2) is 8.31. The first-order chi connectivity index (χ1) is 12.3. The van der Waals surface area contributed by atoms with Crippen LogP contribution in [0, 0.1) is 6.92 Å². The molecule has 0 radical (unpaired) electrons. The molecular weight excluding hydrogens is 381 g/mol. The largest absolute Gasteiger partial charge is 0.434 e. The lowest BCUT2D eigenvalue weighted by Gasteiger charge is -2.32. The van der Waals surface area contributed by atoms with Crippen LogP contribution in [0.4, 0.5) is 13.2 Å². The Labute approximate surface area is 161 Å². The van der Waals surface area contributed by atoms with Crippen molar-refractivity contribution in [2.24, 2.45) is 0 Å². The van der Waals surface area contributed by atoms with Crippen molar-refractivity contribution in [2.45, 2.75) is 32.0 Å². The number of amides is 1. The van der Waals surface area contributed by atoms with Gasteiger partial charge in [0.25, 0.3) is 5.91 Å². The van der Waals surface area contributed by atoms with Gasteiger partial charge in [0.1, 0.15) is 0 Å². The van der Waals surface area contributed by atoms with E-state index in [4.69, 9.17) is 0 Å². The van der Waals surface area contributed by atoms with E-state index in [2.05, 4.69) is 10.4 Å². The summed E-state index contributed by atoms with van der Waals surface area (Å²) in [6.45, 7) is 2.69. The quantitative estimate of drug-likeness (QED) is 0.855. The third-order valence-corrected chi connectivity index (χ3v) is 4.66. The fourth-order valence-corrected chi connectivity index (χ4v) is 3.23. The Morgan fingerprint density at radius 2 is 1.93 bits per heavy atom. The third kappa shape index (κ3) is 4.44. The fraction of sp³-hybridized carbons (Fsp3) is 0.444. The summed E-state index contributed by atoms with van der Waals surface area (Å²) in [4.78, 5) is 14.2. The zero-order valence-corrected chi connectivity index (χ0v) is 15.9. The Hall–Kier alpha value is -2.06. The van der Waals surface area contributed by atoms with Crippen molar-refractivity contribution in [3.05, 3.63) is 47.3 Å². The Morgan fingerprint density at radius 1 is 1.26 bits per heavy atom. The maximum absolute atomic E-state index is 13.7. The van der Waals surface area contributed by atoms with E-state index in [9.17, 15) is 18.0 Å². The molecule has 1 N–H and O–H groups in total. The van der Waals surface area contributed by atoms with Gasteiger partial charge in [-0.25, -0.2) is 4.68 Å². The van der Waals surface area contributed by atoms with Gasteiger partial charge in [0.2, 0.25) is 0 Å². The summed E-state index contributed by atoms with van der Waals surface area (Å²) in [5.74, 6) is -0.629. The van der Waals surface area contributed by atoms with Gasteiger partial charge in [0.05, 0.1) is 17.4 Å². The molecule has 1 saturated heterocycles. The number of aryl methyl sites for hydroxylation is 1. The van der Waals surface area contributed by atoms with Crippen LogP contribution in [0.5, 0.6) is 0 Å². The molecule has 148 valence electrons. The molecular formula is C18H22ClF3N4O. The molecule has 1 fully saturated rings. The van der Waals surface area contributed by atoms with Gasteiger partial charge < -0.3 is 10.2 Å². The van der Waals surface area contributed by atoms with Crippen molar-refractivity contribution >= 4 is 18.3 Å². The number of nitrogens with zero attached hydrogens (tertiary/aromatic N) is 3. The second-order valence-electron chi connectivity index (χ2n) is 6.53. The first kappa shape index (κ1) is 21.2. The highest BCUT2D eigenvalue weighted by molar-refractivity contribution is 5.95. The van der Waals surface area contributed by atoms with E-state index in [-0.39, 0.29) is 24.1 Å². The maximum atomic E-state index is 13.7. The fourth-order valence-electron chi connectivity index (χ4n) is 3.23. The van der Waals surface area contributed by atoms with Crippen molar-refractivity contribution in [3.63, 3.8) is 0 Å². The van der Waals surface area contributed by atoms with Crippen LogP contribution in [0.2, 0.25) is 0 Å². The molecule has 9 heteroatoms. The van der Waals surface area contributed by atoms with Gasteiger partial charge in [-0.2, -0.15) is 18.3 Å². The number of piperidine rings is 1. The minimum atomic E-state index is -4.69. The van der Waals surface area contributed by atoms with Gasteiger partial charge in [-0.15, -0.1) is 12.4 Å². The zero-order chi connectivity index (χ0) is 18.9. The number of likely N-dealkylation sites (tertiary alicyclic amines) is 1. The van der Waals surface area contributed by atoms with Crippen LogP contribution in [0.1, 0.15) is 34.5 Å². The summed E-state index contributed by atoms with van der Waals surface area (Å²) in [6.07, 6.45) is -2.02. The smallest absolute Gasteiger partial charge is 0.337 e. The SMILES string of the molecule is CNC1CCCN(C(=O)c2cnn(-c3ccc(C)cc3)c2C(F)(F)F)C1.Cl. The van der Waals surface area contributed by atoms with Crippen molar-refractivity contribution in [1.82, 2.24) is 20.0 Å². The summed E-state index contributed by atoms with van der Waals surface area (Å²) >= 11 is 0. The molecule has 27 heavy (non-hydrogen) atoms. The highest BCUT2D eigenvalue weighted by atomic mass is 35.5. The van der Waals surface area contributed by atoms with Crippen LogP contribution in [-0.2, 0) is 6.18 Å². The summed E-state index contributed by atoms with van der Waals surface area (Å²) in [7, 11) is 1.79. The lowest BCUT2D eigenvalue weighted by molar-refractivity contribution is -0.143. The lowest BCUT2D eigenvalue weighted by atomic mass is 10.0. The standard InChI is InChI=1S/C18H21F3N4O.ClH/c1-12-5-7-14(8-6-12)25-16(18(19,20)21)15(10-23-25)17(26)24-9-3-4-13(11-24)22-2;/h5-8,10,13,22H,3-4,9,11H2,1-2H3;1H. The first-order valence-corrected chi connectivity index (χ1v) is 8.50. The van der Waals surface area contributed by atoms with Gasteiger partial charge in [-0.3, -0.25) is 4.79 Å². The number of hydrogen-bond donors (Lipinski definition) is 1. The number of alkyl halides is 3. The molecule has 0 aliphatic carbocycles. The molecule has 1 amide bonds. The van der Waals surface area contributed by atoms with E-state index in [1.165, 1.54) is 4.90 Å². The number of aromatic nitrogens is 2. The molecule has 2 heterocycles. The van der Waals surface area contributed by atoms with Crippen LogP contribution in [0.3, 0.4) is 0 Å². The zero-order valence-electron chi connectivity index (χ0n) is 15.1.